The standard InChI is InChI=1S/C72H118O5/c1-3-5-7-9-11-13-15-17-19-21-23-25-27-28-29-30-31-32-33-34-35-36-37-38-39-40-41-42-43-44-45-47-49-51-53-55-57-59-61-63-65-67-72(75)77-70(68-73)69-76-71(74)66-64-62-60-58-56-54-52-50-48-46-26-24-22-20-18-16-14-12-10-8-6-4-2/h5,7,11,13,17,19,23,25,28-29,31-32,34-35,37-38,40-41,43-44,47,49,53,55,70,73H,3-4,6,8-10,12,14-16,18,20-22,24,26-27,30,33,36,39,42,45-46,48,50-52,54,56-69H2,1-2H3/b7-5-,13-11-,19-17-,25-23-,29-28-,32-31-,35-34-,38-37-,41-40-,44-43-,49-47-,55-53-. The van der Waals surface area contributed by atoms with Gasteiger partial charge >= 0.3 is 11.9 Å². The molecule has 1 N–H and O–H groups in total. The molecule has 0 saturated carbocycles. The molecule has 1 unspecified atom stereocenters. The summed E-state index contributed by atoms with van der Waals surface area (Å²) in [5, 5.41) is 9.67. The fourth-order valence-electron chi connectivity index (χ4n) is 8.66. The summed E-state index contributed by atoms with van der Waals surface area (Å²) in [6.07, 6.45) is 99.8. The Bertz CT molecular complexity index is 1630. The lowest BCUT2D eigenvalue weighted by Gasteiger charge is -2.15. The van der Waals surface area contributed by atoms with E-state index in [9.17, 15) is 14.7 Å². The van der Waals surface area contributed by atoms with Crippen LogP contribution in [0.25, 0.3) is 0 Å². The van der Waals surface area contributed by atoms with E-state index in [2.05, 4.69) is 160 Å². The first-order chi connectivity index (χ1) is 38.1. The first-order valence-corrected chi connectivity index (χ1v) is 31.9. The Morgan fingerprint density at radius 3 is 0.844 bits per heavy atom. The van der Waals surface area contributed by atoms with Crippen LogP contribution >= 0.6 is 0 Å². The number of hydrogen-bond donors (Lipinski definition) is 1. The summed E-state index contributed by atoms with van der Waals surface area (Å²) in [5.74, 6) is -0.619. The zero-order valence-electron chi connectivity index (χ0n) is 49.9. The molecule has 0 rings (SSSR count). The lowest BCUT2D eigenvalue weighted by Crippen LogP contribution is -2.28. The number of aliphatic hydroxyl groups excluding tert-OH is 1. The minimum absolute atomic E-state index is 0.0813. The van der Waals surface area contributed by atoms with Gasteiger partial charge in [-0.15, -0.1) is 0 Å². The summed E-state index contributed by atoms with van der Waals surface area (Å²) in [6, 6.07) is 0. The maximum Gasteiger partial charge on any atom is 0.306 e. The maximum absolute atomic E-state index is 12.3. The Hall–Kier alpha value is -4.22. The maximum atomic E-state index is 12.3. The molecule has 0 fully saturated rings. The van der Waals surface area contributed by atoms with E-state index >= 15 is 0 Å². The Balaban J connectivity index is 3.63. The van der Waals surface area contributed by atoms with E-state index in [4.69, 9.17) is 9.47 Å². The molecule has 5 heteroatoms. The van der Waals surface area contributed by atoms with Gasteiger partial charge in [0.25, 0.3) is 0 Å². The number of aliphatic hydroxyl groups is 1. The van der Waals surface area contributed by atoms with Gasteiger partial charge in [-0.25, -0.2) is 0 Å². The van der Waals surface area contributed by atoms with E-state index in [1.54, 1.807) is 0 Å². The van der Waals surface area contributed by atoms with Crippen molar-refractivity contribution in [3.05, 3.63) is 146 Å². The quantitative estimate of drug-likeness (QED) is 0.0373. The molecule has 5 nitrogen and oxygen atoms in total. The molecule has 0 aromatic heterocycles. The third kappa shape index (κ3) is 64.2. The van der Waals surface area contributed by atoms with Gasteiger partial charge < -0.3 is 14.6 Å². The fraction of sp³-hybridized carbons (Fsp3) is 0.639. The zero-order chi connectivity index (χ0) is 55.5. The SMILES string of the molecule is CC/C=C\C/C=C\C/C=C\C/C=C\C/C=C\C/C=C\C/C=C\C/C=C\C/C=C\C/C=C\C/C=C\C/C=C\CCCCCCC(=O)OC(CO)COC(=O)CCCCCCCCCCCCCCCCCCCCCCCC. The fourth-order valence-corrected chi connectivity index (χ4v) is 8.66. The largest absolute Gasteiger partial charge is 0.462 e. The molecule has 0 bridgehead atoms. The van der Waals surface area contributed by atoms with Gasteiger partial charge in [-0.1, -0.05) is 307 Å². The second-order valence-corrected chi connectivity index (χ2v) is 20.8. The van der Waals surface area contributed by atoms with Gasteiger partial charge in [-0.05, 0) is 103 Å². The van der Waals surface area contributed by atoms with E-state index in [0.717, 1.165) is 128 Å². The van der Waals surface area contributed by atoms with Crippen LogP contribution in [-0.2, 0) is 19.1 Å². The number of hydrogen-bond acceptors (Lipinski definition) is 5. The van der Waals surface area contributed by atoms with Gasteiger partial charge in [0.05, 0.1) is 6.61 Å². The van der Waals surface area contributed by atoms with Crippen molar-refractivity contribution in [1.82, 2.24) is 0 Å². The van der Waals surface area contributed by atoms with Crippen LogP contribution in [0.5, 0.6) is 0 Å². The van der Waals surface area contributed by atoms with Crippen LogP contribution in [0.1, 0.15) is 277 Å². The molecule has 0 aliphatic rings. The van der Waals surface area contributed by atoms with Gasteiger partial charge in [-0.2, -0.15) is 0 Å². The minimum atomic E-state index is -0.795. The highest BCUT2D eigenvalue weighted by Gasteiger charge is 2.16. The van der Waals surface area contributed by atoms with Crippen molar-refractivity contribution >= 4 is 11.9 Å². The third-order valence-corrected chi connectivity index (χ3v) is 13.4. The van der Waals surface area contributed by atoms with Crippen LogP contribution in [0, 0.1) is 0 Å². The highest BCUT2D eigenvalue weighted by Crippen LogP contribution is 2.16. The highest BCUT2D eigenvalue weighted by molar-refractivity contribution is 5.70. The molecule has 0 radical (unpaired) electrons. The molecule has 0 aliphatic carbocycles. The van der Waals surface area contributed by atoms with Gasteiger partial charge in [0.2, 0.25) is 0 Å². The van der Waals surface area contributed by atoms with Crippen LogP contribution in [0.15, 0.2) is 146 Å². The lowest BCUT2D eigenvalue weighted by atomic mass is 10.0. The van der Waals surface area contributed by atoms with Crippen molar-refractivity contribution in [1.29, 1.82) is 0 Å². The molecule has 1 atom stereocenters. The summed E-state index contributed by atoms with van der Waals surface area (Å²) in [6.45, 7) is 4.02. The Morgan fingerprint density at radius 2 is 0.558 bits per heavy atom. The first kappa shape index (κ1) is 72.8. The number of carbonyl (C=O) groups excluding carboxylic acids is 2. The van der Waals surface area contributed by atoms with Gasteiger partial charge in [0.1, 0.15) is 6.61 Å². The number of allylic oxidation sites excluding steroid dienone is 24. The smallest absolute Gasteiger partial charge is 0.306 e. The monoisotopic (exact) mass is 1060 g/mol. The molecule has 0 amide bonds. The molecule has 0 aliphatic heterocycles. The third-order valence-electron chi connectivity index (χ3n) is 13.4. The summed E-state index contributed by atoms with van der Waals surface area (Å²) in [4.78, 5) is 24.6. The van der Waals surface area contributed by atoms with Gasteiger partial charge in [-0.3, -0.25) is 9.59 Å². The van der Waals surface area contributed by atoms with Crippen molar-refractivity contribution in [3.8, 4) is 0 Å². The highest BCUT2D eigenvalue weighted by atomic mass is 16.6. The normalized spacial score (nSPS) is 13.2. The molecule has 77 heavy (non-hydrogen) atoms. The summed E-state index contributed by atoms with van der Waals surface area (Å²) >= 11 is 0. The molecular formula is C72H118O5. The average molecular weight is 1060 g/mol. The van der Waals surface area contributed by atoms with E-state index in [1.165, 1.54) is 122 Å². The predicted molar refractivity (Wildman–Crippen MR) is 338 cm³/mol. The second-order valence-electron chi connectivity index (χ2n) is 20.8. The predicted octanol–water partition coefficient (Wildman–Crippen LogP) is 22.1. The minimum Gasteiger partial charge on any atom is -0.462 e. The topological polar surface area (TPSA) is 72.8 Å². The van der Waals surface area contributed by atoms with E-state index in [-0.39, 0.29) is 25.2 Å². The molecule has 0 aromatic rings. The molecule has 0 spiro atoms. The molecule has 0 saturated heterocycles. The average Bonchev–Trinajstić information content (AvgIpc) is 3.43. The van der Waals surface area contributed by atoms with Crippen molar-refractivity contribution in [2.75, 3.05) is 13.2 Å². The Kier molecular flexibility index (Phi) is 62.4. The summed E-state index contributed by atoms with van der Waals surface area (Å²) < 4.78 is 10.7. The Labute approximate surface area is 476 Å². The zero-order valence-corrected chi connectivity index (χ0v) is 49.9. The van der Waals surface area contributed by atoms with E-state index in [1.807, 2.05) is 0 Å². The molecular weight excluding hydrogens is 945 g/mol. The second kappa shape index (κ2) is 66.1. The number of rotatable bonds is 57. The van der Waals surface area contributed by atoms with Crippen molar-refractivity contribution in [3.63, 3.8) is 0 Å². The first-order valence-electron chi connectivity index (χ1n) is 31.9. The number of esters is 2. The molecule has 0 aromatic carbocycles. The van der Waals surface area contributed by atoms with E-state index in [0.29, 0.717) is 12.8 Å². The molecule has 436 valence electrons. The summed E-state index contributed by atoms with van der Waals surface area (Å²) in [5.41, 5.74) is 0. The molecule has 0 heterocycles. The van der Waals surface area contributed by atoms with Crippen LogP contribution in [0.2, 0.25) is 0 Å². The summed E-state index contributed by atoms with van der Waals surface area (Å²) in [7, 11) is 0. The van der Waals surface area contributed by atoms with E-state index < -0.39 is 6.10 Å². The van der Waals surface area contributed by atoms with Crippen molar-refractivity contribution < 1.29 is 24.2 Å². The van der Waals surface area contributed by atoms with Gasteiger partial charge in [0, 0.05) is 12.8 Å². The number of unbranched alkanes of at least 4 members (excludes halogenated alkanes) is 25. The lowest BCUT2D eigenvalue weighted by molar-refractivity contribution is -0.161. The van der Waals surface area contributed by atoms with Crippen LogP contribution in [0.4, 0.5) is 0 Å². The number of ether oxygens (including phenoxy) is 2. The van der Waals surface area contributed by atoms with Crippen molar-refractivity contribution in [2.45, 2.75) is 283 Å². The van der Waals surface area contributed by atoms with Crippen LogP contribution in [0.3, 0.4) is 0 Å². The van der Waals surface area contributed by atoms with Crippen LogP contribution < -0.4 is 0 Å². The van der Waals surface area contributed by atoms with Gasteiger partial charge in [0.15, 0.2) is 6.10 Å². The van der Waals surface area contributed by atoms with Crippen LogP contribution in [-0.4, -0.2) is 36.4 Å². The number of carbonyl (C=O) groups is 2. The van der Waals surface area contributed by atoms with Crippen molar-refractivity contribution in [2.24, 2.45) is 0 Å². The Morgan fingerprint density at radius 1 is 0.312 bits per heavy atom.